The number of rotatable bonds is 5. The molecule has 1 atom stereocenters. The zero-order chi connectivity index (χ0) is 18.9. The number of urea groups is 1. The van der Waals surface area contributed by atoms with Gasteiger partial charge in [0.25, 0.3) is 5.91 Å². The van der Waals surface area contributed by atoms with Crippen LogP contribution in [0.15, 0.2) is 30.3 Å². The number of amides is 4. The lowest BCUT2D eigenvalue weighted by Gasteiger charge is -2.29. The predicted molar refractivity (Wildman–Crippen MR) is 93.8 cm³/mol. The zero-order valence-electron chi connectivity index (χ0n) is 14.5. The fourth-order valence-corrected chi connectivity index (χ4v) is 5.00. The van der Waals surface area contributed by atoms with Crippen LogP contribution >= 0.6 is 0 Å². The quantitative estimate of drug-likeness (QED) is 0.676. The van der Waals surface area contributed by atoms with Gasteiger partial charge in [0.15, 0.2) is 9.84 Å². The molecule has 9 heteroatoms. The maximum absolute atomic E-state index is 12.9. The lowest BCUT2D eigenvalue weighted by Crippen LogP contribution is -2.47. The molecule has 0 radical (unpaired) electrons. The summed E-state index contributed by atoms with van der Waals surface area (Å²) >= 11 is 0. The molecule has 0 saturated carbocycles. The molecular weight excluding hydrogens is 358 g/mol. The number of hydrogen-bond donors (Lipinski definition) is 0. The summed E-state index contributed by atoms with van der Waals surface area (Å²) in [5, 5.41) is 0. The largest absolute Gasteiger partial charge is 0.333 e. The third-order valence-electron chi connectivity index (χ3n) is 4.69. The smallest absolute Gasteiger partial charge is 0.327 e. The van der Waals surface area contributed by atoms with Crippen molar-refractivity contribution in [3.63, 3.8) is 0 Å². The van der Waals surface area contributed by atoms with E-state index >= 15 is 0 Å². The zero-order valence-corrected chi connectivity index (χ0v) is 15.3. The summed E-state index contributed by atoms with van der Waals surface area (Å²) in [4.78, 5) is 40.5. The molecule has 2 aliphatic heterocycles. The first-order valence-electron chi connectivity index (χ1n) is 8.36. The molecular formula is C17H21N3O5S. The number of hydrogen-bond acceptors (Lipinski definition) is 5. The van der Waals surface area contributed by atoms with Crippen LogP contribution in [0.5, 0.6) is 0 Å². The van der Waals surface area contributed by atoms with E-state index in [1.54, 1.807) is 0 Å². The Morgan fingerprint density at radius 3 is 2.46 bits per heavy atom. The first kappa shape index (κ1) is 18.4. The molecule has 0 unspecified atom stereocenters. The summed E-state index contributed by atoms with van der Waals surface area (Å²) in [7, 11) is -1.68. The highest BCUT2D eigenvalue weighted by Crippen LogP contribution is 2.21. The third kappa shape index (κ3) is 3.87. The first-order chi connectivity index (χ1) is 12.3. The highest BCUT2D eigenvalue weighted by atomic mass is 32.2. The van der Waals surface area contributed by atoms with Gasteiger partial charge in [0.2, 0.25) is 5.91 Å². The van der Waals surface area contributed by atoms with Crippen molar-refractivity contribution in [2.24, 2.45) is 0 Å². The number of imide groups is 1. The molecule has 4 amide bonds. The Hall–Kier alpha value is -2.42. The molecule has 1 aromatic rings. The van der Waals surface area contributed by atoms with Crippen LogP contribution in [-0.2, 0) is 26.0 Å². The van der Waals surface area contributed by atoms with Gasteiger partial charge < -0.3 is 9.80 Å². The summed E-state index contributed by atoms with van der Waals surface area (Å²) in [5.74, 6) is -0.897. The topological polar surface area (TPSA) is 95.1 Å². The monoisotopic (exact) mass is 379 g/mol. The summed E-state index contributed by atoms with van der Waals surface area (Å²) in [5.41, 5.74) is 0.862. The van der Waals surface area contributed by atoms with Gasteiger partial charge in [-0.2, -0.15) is 0 Å². The van der Waals surface area contributed by atoms with Crippen molar-refractivity contribution in [1.82, 2.24) is 14.7 Å². The van der Waals surface area contributed by atoms with E-state index in [2.05, 4.69) is 0 Å². The Bertz CT molecular complexity index is 824. The van der Waals surface area contributed by atoms with Gasteiger partial charge in [-0.25, -0.2) is 13.2 Å². The summed E-state index contributed by atoms with van der Waals surface area (Å²) in [6, 6.07) is 8.28. The maximum atomic E-state index is 12.9. The molecule has 0 spiro atoms. The number of sulfone groups is 1. The molecule has 2 saturated heterocycles. The second-order valence-electron chi connectivity index (χ2n) is 6.68. The number of carbonyl (C=O) groups excluding carboxylic acids is 3. The van der Waals surface area contributed by atoms with Gasteiger partial charge in [-0.1, -0.05) is 30.3 Å². The van der Waals surface area contributed by atoms with E-state index in [9.17, 15) is 22.8 Å². The standard InChI is InChI=1S/C17H21N3O5S/c1-18-10-15(21)20(17(18)23)11-16(22)19(9-13-5-3-2-4-6-13)14-7-8-26(24,25)12-14/h2-6,14H,7-12H2,1H3/t14-/m0/s1. The number of benzene rings is 1. The fraction of sp³-hybridized carbons (Fsp3) is 0.471. The molecule has 2 fully saturated rings. The normalized spacial score (nSPS) is 22.1. The van der Waals surface area contributed by atoms with Gasteiger partial charge in [0.05, 0.1) is 11.5 Å². The summed E-state index contributed by atoms with van der Waals surface area (Å²) in [6.45, 7) is -0.181. The molecule has 8 nitrogen and oxygen atoms in total. The Morgan fingerprint density at radius 2 is 1.92 bits per heavy atom. The van der Waals surface area contributed by atoms with Gasteiger partial charge in [0, 0.05) is 19.6 Å². The van der Waals surface area contributed by atoms with Crippen molar-refractivity contribution in [3.8, 4) is 0 Å². The van der Waals surface area contributed by atoms with Gasteiger partial charge in [-0.05, 0) is 12.0 Å². The fourth-order valence-electron chi connectivity index (χ4n) is 3.27. The molecule has 1 aromatic carbocycles. The van der Waals surface area contributed by atoms with Crippen LogP contribution in [0.3, 0.4) is 0 Å². The van der Waals surface area contributed by atoms with Crippen LogP contribution in [0, 0.1) is 0 Å². The molecule has 26 heavy (non-hydrogen) atoms. The minimum atomic E-state index is -3.17. The maximum Gasteiger partial charge on any atom is 0.327 e. The van der Waals surface area contributed by atoms with Crippen LogP contribution in [0.4, 0.5) is 4.79 Å². The number of likely N-dealkylation sites (N-methyl/N-ethyl adjacent to an activating group) is 1. The van der Waals surface area contributed by atoms with Crippen molar-refractivity contribution in [2.75, 3.05) is 31.6 Å². The highest BCUT2D eigenvalue weighted by molar-refractivity contribution is 7.91. The van der Waals surface area contributed by atoms with Crippen molar-refractivity contribution >= 4 is 27.7 Å². The Labute approximate surface area is 152 Å². The van der Waals surface area contributed by atoms with Gasteiger partial charge in [-0.3, -0.25) is 14.5 Å². The molecule has 0 bridgehead atoms. The molecule has 0 N–H and O–H groups in total. The van der Waals surface area contributed by atoms with Crippen molar-refractivity contribution in [2.45, 2.75) is 19.0 Å². The average molecular weight is 379 g/mol. The molecule has 140 valence electrons. The van der Waals surface area contributed by atoms with Crippen molar-refractivity contribution < 1.29 is 22.8 Å². The van der Waals surface area contributed by atoms with E-state index in [1.165, 1.54) is 16.8 Å². The minimum absolute atomic E-state index is 0.0422. The summed E-state index contributed by atoms with van der Waals surface area (Å²) in [6.07, 6.45) is 0.364. The minimum Gasteiger partial charge on any atom is -0.333 e. The van der Waals surface area contributed by atoms with E-state index in [-0.39, 0.29) is 31.1 Å². The van der Waals surface area contributed by atoms with Crippen LogP contribution < -0.4 is 0 Å². The lowest BCUT2D eigenvalue weighted by atomic mass is 10.1. The molecule has 3 rings (SSSR count). The first-order valence-corrected chi connectivity index (χ1v) is 10.2. The van der Waals surface area contributed by atoms with Crippen LogP contribution in [0.1, 0.15) is 12.0 Å². The Balaban J connectivity index is 1.79. The van der Waals surface area contributed by atoms with Crippen LogP contribution in [0.25, 0.3) is 0 Å². The number of carbonyl (C=O) groups is 3. The second-order valence-corrected chi connectivity index (χ2v) is 8.91. The average Bonchev–Trinajstić information content (AvgIpc) is 3.07. The Morgan fingerprint density at radius 1 is 1.23 bits per heavy atom. The van der Waals surface area contributed by atoms with Crippen LogP contribution in [-0.4, -0.2) is 78.6 Å². The van der Waals surface area contributed by atoms with E-state index in [4.69, 9.17) is 0 Å². The molecule has 0 aromatic heterocycles. The van der Waals surface area contributed by atoms with Crippen LogP contribution in [0.2, 0.25) is 0 Å². The van der Waals surface area contributed by atoms with Crippen molar-refractivity contribution in [3.05, 3.63) is 35.9 Å². The molecule has 2 aliphatic rings. The second kappa shape index (κ2) is 7.06. The van der Waals surface area contributed by atoms with Gasteiger partial charge >= 0.3 is 6.03 Å². The lowest BCUT2D eigenvalue weighted by molar-refractivity contribution is -0.138. The summed E-state index contributed by atoms with van der Waals surface area (Å²) < 4.78 is 23.7. The third-order valence-corrected chi connectivity index (χ3v) is 6.44. The van der Waals surface area contributed by atoms with Gasteiger partial charge in [-0.15, -0.1) is 0 Å². The molecule has 2 heterocycles. The number of nitrogens with zero attached hydrogens (tertiary/aromatic N) is 3. The molecule has 0 aliphatic carbocycles. The van der Waals surface area contributed by atoms with E-state index < -0.39 is 33.7 Å². The van der Waals surface area contributed by atoms with E-state index in [0.29, 0.717) is 6.42 Å². The highest BCUT2D eigenvalue weighted by Gasteiger charge is 2.39. The van der Waals surface area contributed by atoms with Gasteiger partial charge in [0.1, 0.15) is 13.1 Å². The van der Waals surface area contributed by atoms with Crippen molar-refractivity contribution in [1.29, 1.82) is 0 Å². The van der Waals surface area contributed by atoms with E-state index in [1.807, 2.05) is 30.3 Å². The predicted octanol–water partition coefficient (Wildman–Crippen LogP) is 0.0963. The van der Waals surface area contributed by atoms with E-state index in [0.717, 1.165) is 10.5 Å². The Kier molecular flexibility index (Phi) is 4.99. The SMILES string of the molecule is CN1CC(=O)N(CC(=O)N(Cc2ccccc2)[C@H]2CCS(=O)(=O)C2)C1=O.